The molecule has 0 spiro atoms. The Hall–Kier alpha value is -2.41. The topological polar surface area (TPSA) is 81.8 Å². The van der Waals surface area contributed by atoms with Crippen molar-refractivity contribution in [2.24, 2.45) is 0 Å². The normalized spacial score (nSPS) is 21.2. The van der Waals surface area contributed by atoms with E-state index in [0.717, 1.165) is 49.3 Å². The molecule has 7 heteroatoms. The maximum atomic E-state index is 12.3. The number of hydrogen-bond donors (Lipinski definition) is 2. The van der Waals surface area contributed by atoms with E-state index in [4.69, 9.17) is 0 Å². The number of piperidine rings is 2. The van der Waals surface area contributed by atoms with Crippen LogP contribution in [0.5, 0.6) is 0 Å². The number of amides is 3. The molecular weight excluding hydrogens is 332 g/mol. The van der Waals surface area contributed by atoms with E-state index in [1.807, 2.05) is 24.1 Å². The van der Waals surface area contributed by atoms with Gasteiger partial charge in [-0.3, -0.25) is 19.7 Å². The molecule has 1 unspecified atom stereocenters. The van der Waals surface area contributed by atoms with Crippen LogP contribution in [0, 0.1) is 0 Å². The van der Waals surface area contributed by atoms with E-state index < -0.39 is 6.04 Å². The van der Waals surface area contributed by atoms with Gasteiger partial charge in [0.2, 0.25) is 18.2 Å². The molecule has 26 heavy (non-hydrogen) atoms. The molecule has 1 aromatic rings. The number of nitrogens with zero attached hydrogens (tertiary/aromatic N) is 2. The highest BCUT2D eigenvalue weighted by Crippen LogP contribution is 2.39. The first kappa shape index (κ1) is 18.4. The summed E-state index contributed by atoms with van der Waals surface area (Å²) in [5, 5.41) is 5.78. The fourth-order valence-corrected chi connectivity index (χ4v) is 3.95. The number of imide groups is 1. The average Bonchev–Trinajstić information content (AvgIpc) is 2.67. The number of likely N-dealkylation sites (N-methyl/N-ethyl adjacent to an activating group) is 1. The molecule has 140 valence electrons. The lowest BCUT2D eigenvalue weighted by Gasteiger charge is -2.35. The summed E-state index contributed by atoms with van der Waals surface area (Å²) in [6.45, 7) is 1.92. The third kappa shape index (κ3) is 3.58. The molecule has 0 aromatic heterocycles. The maximum Gasteiger partial charge on any atom is 0.249 e. The molecule has 0 saturated carbocycles. The van der Waals surface area contributed by atoms with Crippen molar-refractivity contribution in [1.82, 2.24) is 10.6 Å². The summed E-state index contributed by atoms with van der Waals surface area (Å²) < 4.78 is 0. The first-order valence-electron chi connectivity index (χ1n) is 9.11. The Morgan fingerprint density at radius 3 is 2.50 bits per heavy atom. The highest BCUT2D eigenvalue weighted by Gasteiger charge is 2.32. The van der Waals surface area contributed by atoms with Crippen molar-refractivity contribution >= 4 is 29.6 Å². The van der Waals surface area contributed by atoms with Gasteiger partial charge in [-0.15, -0.1) is 0 Å². The van der Waals surface area contributed by atoms with Crippen molar-refractivity contribution in [1.29, 1.82) is 0 Å². The van der Waals surface area contributed by atoms with Gasteiger partial charge in [-0.1, -0.05) is 12.1 Å². The third-order valence-corrected chi connectivity index (χ3v) is 5.39. The smallest absolute Gasteiger partial charge is 0.249 e. The van der Waals surface area contributed by atoms with Crippen LogP contribution in [0.2, 0.25) is 0 Å². The van der Waals surface area contributed by atoms with Gasteiger partial charge in [0.05, 0.1) is 11.4 Å². The maximum absolute atomic E-state index is 12.3. The van der Waals surface area contributed by atoms with Crippen molar-refractivity contribution < 1.29 is 14.4 Å². The van der Waals surface area contributed by atoms with Gasteiger partial charge in [0.15, 0.2) is 0 Å². The third-order valence-electron chi connectivity index (χ3n) is 5.39. The quantitative estimate of drug-likeness (QED) is 0.606. The fraction of sp³-hybridized carbons (Fsp3) is 0.526. The summed E-state index contributed by atoms with van der Waals surface area (Å²) in [6, 6.07) is 5.57. The number of nitrogens with one attached hydrogen (secondary N) is 2. The minimum Gasteiger partial charge on any atom is -0.361 e. The Balaban J connectivity index is 1.98. The Morgan fingerprint density at radius 2 is 1.85 bits per heavy atom. The molecule has 2 aliphatic rings. The average molecular weight is 358 g/mol. The van der Waals surface area contributed by atoms with E-state index in [1.165, 1.54) is 0 Å². The molecule has 2 N–H and O–H groups in total. The van der Waals surface area contributed by atoms with Crippen molar-refractivity contribution in [3.63, 3.8) is 0 Å². The van der Waals surface area contributed by atoms with Crippen LogP contribution in [0.1, 0.15) is 37.2 Å². The molecule has 0 bridgehead atoms. The minimum absolute atomic E-state index is 0.228. The summed E-state index contributed by atoms with van der Waals surface area (Å²) in [6.07, 6.45) is 3.65. The van der Waals surface area contributed by atoms with Crippen molar-refractivity contribution in [2.45, 2.75) is 37.6 Å². The van der Waals surface area contributed by atoms with Crippen LogP contribution in [-0.4, -0.2) is 51.5 Å². The zero-order valence-corrected chi connectivity index (χ0v) is 15.3. The van der Waals surface area contributed by atoms with Crippen LogP contribution >= 0.6 is 0 Å². The minimum atomic E-state index is -0.422. The van der Waals surface area contributed by atoms with Crippen molar-refractivity contribution in [3.8, 4) is 0 Å². The highest BCUT2D eigenvalue weighted by molar-refractivity contribution is 6.02. The molecule has 0 radical (unpaired) electrons. The monoisotopic (exact) mass is 358 g/mol. The van der Waals surface area contributed by atoms with E-state index in [1.54, 1.807) is 11.9 Å². The molecule has 0 aliphatic carbocycles. The van der Waals surface area contributed by atoms with Gasteiger partial charge in [0.25, 0.3) is 0 Å². The van der Waals surface area contributed by atoms with Gasteiger partial charge in [-0.05, 0) is 49.9 Å². The van der Waals surface area contributed by atoms with E-state index in [0.29, 0.717) is 18.8 Å². The fourth-order valence-electron chi connectivity index (χ4n) is 3.95. The first-order chi connectivity index (χ1) is 12.5. The summed E-state index contributed by atoms with van der Waals surface area (Å²) >= 11 is 0. The summed E-state index contributed by atoms with van der Waals surface area (Å²) in [4.78, 5) is 38.8. The largest absolute Gasteiger partial charge is 0.361 e. The van der Waals surface area contributed by atoms with Crippen molar-refractivity contribution in [3.05, 3.63) is 23.8 Å². The molecule has 2 saturated heterocycles. The van der Waals surface area contributed by atoms with E-state index in [9.17, 15) is 14.4 Å². The number of rotatable bonds is 5. The van der Waals surface area contributed by atoms with Gasteiger partial charge in [0.1, 0.15) is 6.04 Å². The molecule has 3 amide bonds. The van der Waals surface area contributed by atoms with Gasteiger partial charge in [-0.25, -0.2) is 0 Å². The second-order valence-corrected chi connectivity index (χ2v) is 7.03. The summed E-state index contributed by atoms with van der Waals surface area (Å²) in [5.74, 6) is -0.132. The predicted molar refractivity (Wildman–Crippen MR) is 100 cm³/mol. The van der Waals surface area contributed by atoms with Gasteiger partial charge in [-0.2, -0.15) is 0 Å². The van der Waals surface area contributed by atoms with Crippen LogP contribution in [0.4, 0.5) is 11.4 Å². The number of carbonyl (C=O) groups is 3. The van der Waals surface area contributed by atoms with E-state index >= 15 is 0 Å². The Kier molecular flexibility index (Phi) is 5.56. The SMILES string of the molecule is CN(C=O)c1c(C2CCNCC2)cccc1N(C)C1CCC(=O)NC1=O. The molecule has 2 fully saturated rings. The Labute approximate surface area is 153 Å². The van der Waals surface area contributed by atoms with E-state index in [-0.39, 0.29) is 11.8 Å². The number of benzene rings is 1. The lowest BCUT2D eigenvalue weighted by Crippen LogP contribution is -2.51. The van der Waals surface area contributed by atoms with E-state index in [2.05, 4.69) is 16.7 Å². The number of carbonyl (C=O) groups excluding carboxylic acids is 3. The number of anilines is 2. The first-order valence-corrected chi connectivity index (χ1v) is 9.11. The Morgan fingerprint density at radius 1 is 1.12 bits per heavy atom. The second-order valence-electron chi connectivity index (χ2n) is 7.03. The molecule has 3 rings (SSSR count). The lowest BCUT2D eigenvalue weighted by atomic mass is 9.88. The molecule has 1 atom stereocenters. The number of hydrogen-bond acceptors (Lipinski definition) is 5. The molecule has 2 heterocycles. The van der Waals surface area contributed by atoms with Gasteiger partial charge >= 0.3 is 0 Å². The molecule has 7 nitrogen and oxygen atoms in total. The molecule has 2 aliphatic heterocycles. The lowest BCUT2D eigenvalue weighted by molar-refractivity contribution is -0.134. The standard InChI is InChI=1S/C19H26N4O3/c1-22(12-24)18-14(13-8-10-20-11-9-13)4-3-5-15(18)23(2)16-6-7-17(25)21-19(16)26/h3-5,12-13,16,20H,6-11H2,1-2H3,(H,21,25,26). The van der Waals surface area contributed by atoms with Crippen LogP contribution in [0.15, 0.2) is 18.2 Å². The van der Waals surface area contributed by atoms with Gasteiger partial charge in [0, 0.05) is 20.5 Å². The highest BCUT2D eigenvalue weighted by atomic mass is 16.2. The Bertz CT molecular complexity index is 700. The summed E-state index contributed by atoms with van der Waals surface area (Å²) in [7, 11) is 3.60. The molecule has 1 aromatic carbocycles. The van der Waals surface area contributed by atoms with Crippen LogP contribution in [0.3, 0.4) is 0 Å². The van der Waals surface area contributed by atoms with Crippen LogP contribution in [0.25, 0.3) is 0 Å². The molecular formula is C19H26N4O3. The van der Waals surface area contributed by atoms with Gasteiger partial charge < -0.3 is 15.1 Å². The van der Waals surface area contributed by atoms with Crippen LogP contribution < -0.4 is 20.4 Å². The second kappa shape index (κ2) is 7.86. The predicted octanol–water partition coefficient (Wildman–Crippen LogP) is 0.988. The summed E-state index contributed by atoms with van der Waals surface area (Å²) in [5.41, 5.74) is 2.82. The van der Waals surface area contributed by atoms with Crippen molar-refractivity contribution in [2.75, 3.05) is 37.0 Å². The zero-order chi connectivity index (χ0) is 18.7. The zero-order valence-electron chi connectivity index (χ0n) is 15.3. The van der Waals surface area contributed by atoms with Crippen LogP contribution in [-0.2, 0) is 14.4 Å². The number of para-hydroxylation sites is 1.